The van der Waals surface area contributed by atoms with Gasteiger partial charge in [-0.1, -0.05) is 18.2 Å². The summed E-state index contributed by atoms with van der Waals surface area (Å²) in [6, 6.07) is 9.55. The van der Waals surface area contributed by atoms with Gasteiger partial charge in [-0.3, -0.25) is 9.78 Å². The van der Waals surface area contributed by atoms with Crippen molar-refractivity contribution in [2.75, 3.05) is 25.5 Å². The van der Waals surface area contributed by atoms with E-state index in [4.69, 9.17) is 0 Å². The van der Waals surface area contributed by atoms with Gasteiger partial charge in [0.15, 0.2) is 0 Å². The summed E-state index contributed by atoms with van der Waals surface area (Å²) in [6.45, 7) is 1.04. The summed E-state index contributed by atoms with van der Waals surface area (Å²) in [5, 5.41) is 3.67. The molecule has 1 N–H and O–H groups in total. The molecule has 1 fully saturated rings. The number of hydrogen-bond acceptors (Lipinski definition) is 5. The molecule has 0 unspecified atom stereocenters. The number of fused-ring (bicyclic) bond motifs is 1. The Morgan fingerprint density at radius 2 is 2.09 bits per heavy atom. The van der Waals surface area contributed by atoms with Crippen molar-refractivity contribution in [3.05, 3.63) is 64.8 Å². The van der Waals surface area contributed by atoms with E-state index in [0.717, 1.165) is 17.9 Å². The number of aromatic nitrogens is 1. The van der Waals surface area contributed by atoms with E-state index in [-0.39, 0.29) is 11.3 Å². The molecule has 3 heterocycles. The van der Waals surface area contributed by atoms with Crippen LogP contribution in [0.5, 0.6) is 0 Å². The monoisotopic (exact) mass is 477 g/mol. The molecule has 0 radical (unpaired) electrons. The van der Waals surface area contributed by atoms with E-state index < -0.39 is 30.6 Å². The Morgan fingerprint density at radius 3 is 2.79 bits per heavy atom. The van der Waals surface area contributed by atoms with Crippen LogP contribution in [-0.4, -0.2) is 54.2 Å². The predicted molar refractivity (Wildman–Crippen MR) is 124 cm³/mol. The minimum Gasteiger partial charge on any atom is -0.378 e. The number of nitrogens with zero attached hydrogens (tertiary/aromatic N) is 2. The summed E-state index contributed by atoms with van der Waals surface area (Å²) >= 11 is 1.16. The van der Waals surface area contributed by atoms with Gasteiger partial charge >= 0.3 is 6.18 Å². The number of rotatable bonds is 6. The number of likely N-dealkylation sites (tertiary alicyclic amines) is 1. The Hall–Kier alpha value is -2.78. The number of allylic oxidation sites excluding steroid dienone is 1. The molecule has 1 aliphatic rings. The summed E-state index contributed by atoms with van der Waals surface area (Å²) in [6.07, 6.45) is -1.87. The molecule has 4 nitrogen and oxygen atoms in total. The summed E-state index contributed by atoms with van der Waals surface area (Å²) in [4.78, 5) is 18.6. The normalized spacial score (nSPS) is 19.9. The minimum absolute atomic E-state index is 0.108. The second-order valence-electron chi connectivity index (χ2n) is 8.15. The molecule has 33 heavy (non-hydrogen) atoms. The van der Waals surface area contributed by atoms with Crippen molar-refractivity contribution in [2.24, 2.45) is 0 Å². The Balaban J connectivity index is 1.70. The van der Waals surface area contributed by atoms with Crippen LogP contribution in [0, 0.1) is 0 Å². The highest BCUT2D eigenvalue weighted by Crippen LogP contribution is 2.40. The molecule has 1 aliphatic heterocycles. The molecule has 4 rings (SSSR count). The van der Waals surface area contributed by atoms with Crippen molar-refractivity contribution in [1.82, 2.24) is 9.88 Å². The number of carbonyl (C=O) groups excluding carboxylic acids is 1. The molecule has 9 heteroatoms. The topological polar surface area (TPSA) is 45.2 Å². The first-order valence-corrected chi connectivity index (χ1v) is 11.4. The van der Waals surface area contributed by atoms with Crippen LogP contribution in [0.25, 0.3) is 16.2 Å². The number of hydrogen-bond donors (Lipinski definition) is 1. The highest BCUT2D eigenvalue weighted by molar-refractivity contribution is 7.20. The van der Waals surface area contributed by atoms with E-state index in [0.29, 0.717) is 33.6 Å². The predicted octanol–water partition coefficient (Wildman–Crippen LogP) is 5.75. The van der Waals surface area contributed by atoms with Crippen molar-refractivity contribution in [1.29, 1.82) is 0 Å². The van der Waals surface area contributed by atoms with Gasteiger partial charge in [-0.05, 0) is 54.8 Å². The zero-order valence-corrected chi connectivity index (χ0v) is 18.7. The molecule has 2 aromatic heterocycles. The third-order valence-electron chi connectivity index (χ3n) is 5.62. The number of piperidine rings is 1. The lowest BCUT2D eigenvalue weighted by Crippen LogP contribution is -2.46. The number of carbonyl (C=O) groups is 1. The molecular weight excluding hydrogens is 454 g/mol. The van der Waals surface area contributed by atoms with E-state index in [9.17, 15) is 22.4 Å². The van der Waals surface area contributed by atoms with E-state index in [1.165, 1.54) is 18.3 Å². The first kappa shape index (κ1) is 23.4. The average Bonchev–Trinajstić information content (AvgIpc) is 3.11. The molecule has 0 amide bonds. The highest BCUT2D eigenvalue weighted by Gasteiger charge is 2.32. The third-order valence-corrected chi connectivity index (χ3v) is 6.86. The number of anilines is 1. The minimum atomic E-state index is -4.41. The summed E-state index contributed by atoms with van der Waals surface area (Å²) in [5.74, 6) is -0.393. The van der Waals surface area contributed by atoms with Gasteiger partial charge in [0.1, 0.15) is 11.9 Å². The quantitative estimate of drug-likeness (QED) is 0.279. The fourth-order valence-electron chi connectivity index (χ4n) is 3.98. The zero-order chi connectivity index (χ0) is 23.6. The lowest BCUT2D eigenvalue weighted by atomic mass is 10.0. The first-order chi connectivity index (χ1) is 15.7. The van der Waals surface area contributed by atoms with Gasteiger partial charge in [0, 0.05) is 24.2 Å². The number of benzene rings is 1. The number of thiophene rings is 1. The van der Waals surface area contributed by atoms with E-state index in [2.05, 4.69) is 10.3 Å². The van der Waals surface area contributed by atoms with Crippen LogP contribution in [0.1, 0.15) is 27.3 Å². The second-order valence-corrected chi connectivity index (χ2v) is 9.20. The Bertz CT molecular complexity index is 1160. The molecule has 3 aromatic rings. The van der Waals surface area contributed by atoms with Crippen molar-refractivity contribution in [3.8, 4) is 0 Å². The standard InChI is InChI=1S/C24H23F4N3OS/c1-31-12-10-18(17(25)14-31)30-20-7-4-5-15-16(13-24(26,27)28)22(33-23(15)20)9-8-21(32)19-6-2-3-11-29-19/h2-9,11,17-18,30H,10,12-14H2,1H3/b9-8+/t17-,18+/m0/s1. The van der Waals surface area contributed by atoms with Crippen molar-refractivity contribution in [2.45, 2.75) is 31.2 Å². The average molecular weight is 478 g/mol. The summed E-state index contributed by atoms with van der Waals surface area (Å²) < 4.78 is 55.3. The number of halogens is 4. The lowest BCUT2D eigenvalue weighted by molar-refractivity contribution is -0.126. The Morgan fingerprint density at radius 1 is 1.27 bits per heavy atom. The fraction of sp³-hybridized carbons (Fsp3) is 0.333. The Labute approximate surface area is 192 Å². The number of ketones is 1. The number of nitrogens with one attached hydrogen (secondary N) is 1. The van der Waals surface area contributed by atoms with Crippen LogP contribution in [0.2, 0.25) is 0 Å². The summed E-state index contributed by atoms with van der Waals surface area (Å²) in [5.41, 5.74) is 0.927. The van der Waals surface area contributed by atoms with Crippen LogP contribution in [0.15, 0.2) is 48.7 Å². The van der Waals surface area contributed by atoms with Crippen LogP contribution >= 0.6 is 11.3 Å². The van der Waals surface area contributed by atoms with Crippen LogP contribution in [0.4, 0.5) is 23.2 Å². The van der Waals surface area contributed by atoms with Crippen LogP contribution < -0.4 is 5.32 Å². The van der Waals surface area contributed by atoms with E-state index in [1.54, 1.807) is 36.4 Å². The maximum Gasteiger partial charge on any atom is 0.393 e. The van der Waals surface area contributed by atoms with Gasteiger partial charge in [0.25, 0.3) is 0 Å². The molecule has 174 valence electrons. The molecule has 1 aromatic carbocycles. The largest absolute Gasteiger partial charge is 0.393 e. The van der Waals surface area contributed by atoms with Gasteiger partial charge in [0.05, 0.1) is 22.8 Å². The van der Waals surface area contributed by atoms with Crippen molar-refractivity contribution in [3.63, 3.8) is 0 Å². The first-order valence-electron chi connectivity index (χ1n) is 10.5. The van der Waals surface area contributed by atoms with E-state index in [1.807, 2.05) is 11.9 Å². The smallest absolute Gasteiger partial charge is 0.378 e. The molecule has 0 spiro atoms. The maximum absolute atomic E-state index is 14.6. The molecule has 0 saturated carbocycles. The SMILES string of the molecule is CN1CC[C@@H](Nc2cccc3c(CC(F)(F)F)c(/C=C/C(=O)c4ccccn4)sc23)[C@@H](F)C1. The summed E-state index contributed by atoms with van der Waals surface area (Å²) in [7, 11) is 1.86. The fourth-order valence-corrected chi connectivity index (χ4v) is 5.18. The molecular formula is C24H23F4N3OS. The Kier molecular flexibility index (Phi) is 6.81. The second kappa shape index (κ2) is 9.61. The van der Waals surface area contributed by atoms with Gasteiger partial charge in [-0.2, -0.15) is 13.2 Å². The zero-order valence-electron chi connectivity index (χ0n) is 17.9. The van der Waals surface area contributed by atoms with Gasteiger partial charge in [-0.15, -0.1) is 11.3 Å². The van der Waals surface area contributed by atoms with E-state index >= 15 is 0 Å². The molecule has 0 aliphatic carbocycles. The van der Waals surface area contributed by atoms with Crippen molar-refractivity contribution < 1.29 is 22.4 Å². The molecule has 0 bridgehead atoms. The van der Waals surface area contributed by atoms with Crippen LogP contribution in [0.3, 0.4) is 0 Å². The maximum atomic E-state index is 14.6. The molecule has 1 saturated heterocycles. The van der Waals surface area contributed by atoms with Gasteiger partial charge in [0.2, 0.25) is 5.78 Å². The van der Waals surface area contributed by atoms with Gasteiger partial charge < -0.3 is 10.2 Å². The number of alkyl halides is 4. The lowest BCUT2D eigenvalue weighted by Gasteiger charge is -2.33. The van der Waals surface area contributed by atoms with Crippen molar-refractivity contribution >= 4 is 39.0 Å². The molecule has 2 atom stereocenters. The third kappa shape index (κ3) is 5.59. The van der Waals surface area contributed by atoms with Gasteiger partial charge in [-0.25, -0.2) is 4.39 Å². The highest BCUT2D eigenvalue weighted by atomic mass is 32.1. The number of pyridine rings is 1. The van der Waals surface area contributed by atoms with Crippen LogP contribution in [-0.2, 0) is 6.42 Å².